The normalized spacial score (nSPS) is 12.0. The van der Waals surface area contributed by atoms with Crippen LogP contribution in [0.4, 0.5) is 34.1 Å². The SMILES string of the molecule is CCC(C)(C)C(=O)O.CCC(C)(C)C(=O)OCCOc1ccc(N=Nc2ccc(C#N)cc2)cc1.CCC(C)(C)C(=O)OCCOc1ccc(N=Nc2ccc(OC)cc2)cc1.CCC(C)c1ccc(O)cc1.CCC(C)c1ccc(O)cc1.CCC(C)c1ccc(O)cc1.CCC(C)c1ccc(OC(=O)/C=C/c2ccc(OC)cc2)cc1.CCC(C)c1ccc(OC(=O)c2ccc(N=Nc3ccc(C)cc3)cc2)cc1. The fourth-order valence-corrected chi connectivity index (χ4v) is 12.0. The summed E-state index contributed by atoms with van der Waals surface area (Å²) in [5.74, 6) is 5.90. The zero-order valence-electron chi connectivity index (χ0n) is 89.0. The van der Waals surface area contributed by atoms with Crippen molar-refractivity contribution in [3.8, 4) is 57.8 Å². The number of nitriles is 1. The van der Waals surface area contributed by atoms with Crippen molar-refractivity contribution in [2.75, 3.05) is 40.6 Å². The van der Waals surface area contributed by atoms with Gasteiger partial charge in [0.25, 0.3) is 0 Å². The van der Waals surface area contributed by atoms with E-state index in [2.05, 4.69) is 106 Å². The van der Waals surface area contributed by atoms with Gasteiger partial charge in [0.15, 0.2) is 0 Å². The molecule has 0 spiro atoms. The first-order chi connectivity index (χ1) is 69.8. The molecule has 24 heteroatoms. The van der Waals surface area contributed by atoms with E-state index in [-0.39, 0.29) is 31.8 Å². The first-order valence-electron chi connectivity index (χ1n) is 49.7. The second kappa shape index (κ2) is 65.0. The Kier molecular flexibility index (Phi) is 53.9. The van der Waals surface area contributed by atoms with Crippen LogP contribution in [0.2, 0.25) is 0 Å². The van der Waals surface area contributed by atoms with Gasteiger partial charge in [0, 0.05) is 6.08 Å². The summed E-state index contributed by atoms with van der Waals surface area (Å²) in [5.41, 5.74) is 12.3. The molecule has 5 atom stereocenters. The van der Waals surface area contributed by atoms with Crippen LogP contribution in [0.3, 0.4) is 0 Å². The van der Waals surface area contributed by atoms with E-state index in [1.807, 2.05) is 225 Å². The molecule has 12 rings (SSSR count). The molecule has 0 aliphatic rings. The highest BCUT2D eigenvalue weighted by Crippen LogP contribution is 2.32. The number of carbonyl (C=O) groups excluding carboxylic acids is 4. The van der Waals surface area contributed by atoms with E-state index in [9.17, 15) is 24.0 Å². The van der Waals surface area contributed by atoms with Crippen molar-refractivity contribution in [1.29, 1.82) is 5.26 Å². The van der Waals surface area contributed by atoms with Crippen molar-refractivity contribution in [3.63, 3.8) is 0 Å². The lowest BCUT2D eigenvalue weighted by molar-refractivity contribution is -0.155. The predicted octanol–water partition coefficient (Wildman–Crippen LogP) is 33.0. The molecule has 0 fully saturated rings. The Morgan fingerprint density at radius 3 is 0.870 bits per heavy atom. The summed E-state index contributed by atoms with van der Waals surface area (Å²) < 4.78 is 42.6. The smallest absolute Gasteiger partial charge is 0.343 e. The monoisotopic (exact) mass is 1980 g/mol. The number of hydrogen-bond acceptors (Lipinski definition) is 23. The molecule has 5 unspecified atom stereocenters. The minimum Gasteiger partial charge on any atom is -0.508 e. The molecule has 0 aliphatic carbocycles. The molecule has 0 aromatic heterocycles. The first-order valence-corrected chi connectivity index (χ1v) is 49.7. The van der Waals surface area contributed by atoms with E-state index in [1.165, 1.54) is 39.5 Å². The number of rotatable bonds is 37. The third-order valence-electron chi connectivity index (χ3n) is 24.5. The van der Waals surface area contributed by atoms with Crippen molar-refractivity contribution < 1.29 is 82.3 Å². The van der Waals surface area contributed by atoms with Crippen LogP contribution in [0.1, 0.15) is 267 Å². The molecule has 12 aromatic rings. The molecule has 774 valence electrons. The number of phenols is 3. The van der Waals surface area contributed by atoms with Gasteiger partial charge in [0.2, 0.25) is 0 Å². The lowest BCUT2D eigenvalue weighted by Gasteiger charge is -2.20. The Morgan fingerprint density at radius 2 is 0.596 bits per heavy atom. The minimum absolute atomic E-state index is 0.206. The van der Waals surface area contributed by atoms with Crippen LogP contribution in [0, 0.1) is 34.5 Å². The fourth-order valence-electron chi connectivity index (χ4n) is 12.0. The van der Waals surface area contributed by atoms with Crippen LogP contribution >= 0.6 is 0 Å². The molecule has 0 radical (unpaired) electrons. The van der Waals surface area contributed by atoms with Crippen LogP contribution in [0.5, 0.6) is 51.7 Å². The molecule has 0 heterocycles. The molecular formula is C122H149N7O17. The number of benzene rings is 12. The van der Waals surface area contributed by atoms with Crippen LogP contribution in [-0.4, -0.2) is 90.9 Å². The second-order valence-corrected chi connectivity index (χ2v) is 36.7. The van der Waals surface area contributed by atoms with Crippen LogP contribution < -0.4 is 28.4 Å². The largest absolute Gasteiger partial charge is 0.508 e. The van der Waals surface area contributed by atoms with Crippen molar-refractivity contribution in [3.05, 3.63) is 347 Å². The number of aliphatic carboxylic acids is 1. The summed E-state index contributed by atoms with van der Waals surface area (Å²) in [4.78, 5) is 58.2. The number of carboxylic acid groups (broad SMARTS) is 1. The molecular weight excluding hydrogens is 1840 g/mol. The molecule has 12 aromatic carbocycles. The number of nitrogens with zero attached hydrogens (tertiary/aromatic N) is 7. The van der Waals surface area contributed by atoms with E-state index in [1.54, 1.807) is 155 Å². The second-order valence-electron chi connectivity index (χ2n) is 36.7. The molecule has 0 amide bonds. The highest BCUT2D eigenvalue weighted by atomic mass is 16.6. The number of hydrogen-bond donors (Lipinski definition) is 4. The number of carboxylic acids is 1. The molecule has 0 saturated carbocycles. The predicted molar refractivity (Wildman–Crippen MR) is 583 cm³/mol. The average Bonchev–Trinajstić information content (AvgIpc) is 0.854. The van der Waals surface area contributed by atoms with Gasteiger partial charge >= 0.3 is 29.8 Å². The van der Waals surface area contributed by atoms with Gasteiger partial charge in [0.05, 0.1) is 81.8 Å². The van der Waals surface area contributed by atoms with Gasteiger partial charge < -0.3 is 58.3 Å². The Balaban J connectivity index is 0.000000304. The van der Waals surface area contributed by atoms with Gasteiger partial charge in [-0.25, -0.2) is 9.59 Å². The summed E-state index contributed by atoms with van der Waals surface area (Å²) in [6.45, 7) is 41.5. The maximum absolute atomic E-state index is 12.3. The van der Waals surface area contributed by atoms with Crippen molar-refractivity contribution in [1.82, 2.24) is 0 Å². The lowest BCUT2D eigenvalue weighted by atomic mass is 9.91. The van der Waals surface area contributed by atoms with Crippen LogP contribution in [-0.2, 0) is 28.7 Å². The quantitative estimate of drug-likeness (QED) is 0.00924. The number of phenolic OH excluding ortho intramolecular Hbond substituents is 3. The first kappa shape index (κ1) is 121. The van der Waals surface area contributed by atoms with E-state index < -0.39 is 34.2 Å². The highest BCUT2D eigenvalue weighted by Gasteiger charge is 2.29. The summed E-state index contributed by atoms with van der Waals surface area (Å²) in [5, 5.41) is 69.3. The summed E-state index contributed by atoms with van der Waals surface area (Å²) in [6.07, 6.45) is 10.9. The Morgan fingerprint density at radius 1 is 0.336 bits per heavy atom. The number of azo groups is 3. The molecule has 24 nitrogen and oxygen atoms in total. The maximum Gasteiger partial charge on any atom is 0.343 e. The summed E-state index contributed by atoms with van der Waals surface area (Å²) in [6, 6.07) is 90.4. The van der Waals surface area contributed by atoms with Gasteiger partial charge in [-0.2, -0.15) is 35.9 Å². The third kappa shape index (κ3) is 45.9. The van der Waals surface area contributed by atoms with E-state index in [0.717, 1.165) is 73.4 Å². The maximum atomic E-state index is 12.3. The third-order valence-corrected chi connectivity index (χ3v) is 24.5. The van der Waals surface area contributed by atoms with Gasteiger partial charge in [-0.1, -0.05) is 181 Å². The lowest BCUT2D eigenvalue weighted by Crippen LogP contribution is -2.27. The van der Waals surface area contributed by atoms with Gasteiger partial charge in [-0.3, -0.25) is 14.4 Å². The van der Waals surface area contributed by atoms with Crippen molar-refractivity contribution >= 4 is 70.0 Å². The number of aromatic hydroxyl groups is 3. The zero-order chi connectivity index (χ0) is 108. The minimum atomic E-state index is -0.722. The Hall–Kier alpha value is -15.4. The number of ether oxygens (including phenoxy) is 8. The van der Waals surface area contributed by atoms with Gasteiger partial charge in [0.1, 0.15) is 78.2 Å². The van der Waals surface area contributed by atoms with Gasteiger partial charge in [-0.15, -0.1) is 0 Å². The summed E-state index contributed by atoms with van der Waals surface area (Å²) in [7, 11) is 3.24. The highest BCUT2D eigenvalue weighted by molar-refractivity contribution is 5.91. The number of esters is 4. The zero-order valence-corrected chi connectivity index (χ0v) is 89.0. The number of carbonyl (C=O) groups is 5. The molecule has 0 bridgehead atoms. The van der Waals surface area contributed by atoms with E-state index >= 15 is 0 Å². The van der Waals surface area contributed by atoms with E-state index in [0.29, 0.717) is 117 Å². The average molecular weight is 1990 g/mol. The van der Waals surface area contributed by atoms with Crippen LogP contribution in [0.15, 0.2) is 328 Å². The van der Waals surface area contributed by atoms with Gasteiger partial charge in [-0.05, 0) is 375 Å². The molecule has 146 heavy (non-hydrogen) atoms. The number of methoxy groups -OCH3 is 2. The van der Waals surface area contributed by atoms with Crippen molar-refractivity contribution in [2.45, 2.75) is 219 Å². The molecule has 0 aliphatic heterocycles. The standard InChI is InChI=1S/C24H24N2O2.C21H23N3O3.C21H26N2O4.C20H22O3.3C10H14O.C6H12O2/c1-4-18(3)19-9-15-23(16-10-19)28-24(27)20-7-13-22(14-8-20)26-25-21-11-5-17(2)6-12-21;1-4-21(2,3)20(25)27-14-13-26-19-11-9-18(10-12-19)24-23-17-7-5-16(15-22)6-8-17;1-5-21(2,3)20(24)27-15-14-26-19-12-8-17(9-13-19)23-22-16-6-10-18(25-4)11-7-16;1-4-15(2)17-8-12-19(13-9-17)23-20(21)14-7-16-5-10-18(22-3)11-6-16;3*1-3-8(2)9-4-6-10(11)7-5-9;1-4-6(2,3)5(7)8/h5-16,18H,4H2,1-3H3;5-12H,4,13-14H2,1-3H3;6-13H,5,14-15H2,1-4H3;5-15H,4H2,1-3H3;3*4-8,11H,3H2,1-2H3;4H2,1-3H3,(H,7,8)/b;;;14-7+;;;;. The summed E-state index contributed by atoms with van der Waals surface area (Å²) >= 11 is 0. The van der Waals surface area contributed by atoms with E-state index in [4.69, 9.17) is 63.6 Å². The van der Waals surface area contributed by atoms with Crippen LogP contribution in [0.25, 0.3) is 6.08 Å². The topological polar surface area (TPSA) is 338 Å². The van der Waals surface area contributed by atoms with Crippen molar-refractivity contribution in [2.24, 2.45) is 46.9 Å². The fraction of sp³-hybridized carbons (Fsp3) is 0.344. The molecule has 4 N–H and O–H groups in total. The number of aryl methyl sites for hydroxylation is 1. The Labute approximate surface area is 864 Å². The molecule has 0 saturated heterocycles. The Bertz CT molecular complexity index is 5850.